The van der Waals surface area contributed by atoms with Gasteiger partial charge in [0.2, 0.25) is 10.0 Å². The Bertz CT molecular complexity index is 677. The summed E-state index contributed by atoms with van der Waals surface area (Å²) in [7, 11) is -6.64. The molecule has 1 aromatic heterocycles. The molecule has 1 saturated heterocycles. The summed E-state index contributed by atoms with van der Waals surface area (Å²) in [5.74, 6) is 0.0686. The molecule has 1 aliphatic rings. The highest BCUT2D eigenvalue weighted by molar-refractivity contribution is 7.91. The largest absolute Gasteiger partial charge is 0.326 e. The minimum atomic E-state index is -3.64. The fraction of sp³-hybridized carbons (Fsp3) is 0.636. The van der Waals surface area contributed by atoms with Crippen molar-refractivity contribution in [3.8, 4) is 0 Å². The van der Waals surface area contributed by atoms with Crippen LogP contribution < -0.4 is 10.5 Å². The van der Waals surface area contributed by atoms with Gasteiger partial charge in [-0.2, -0.15) is 0 Å². The Morgan fingerprint density at radius 2 is 2.00 bits per heavy atom. The van der Waals surface area contributed by atoms with Gasteiger partial charge in [0, 0.05) is 17.5 Å². The van der Waals surface area contributed by atoms with Gasteiger partial charge < -0.3 is 5.73 Å². The van der Waals surface area contributed by atoms with E-state index in [9.17, 15) is 16.8 Å². The van der Waals surface area contributed by atoms with E-state index in [-0.39, 0.29) is 29.0 Å². The zero-order valence-corrected chi connectivity index (χ0v) is 13.6. The van der Waals surface area contributed by atoms with Crippen LogP contribution in [0.25, 0.3) is 0 Å². The van der Waals surface area contributed by atoms with E-state index in [4.69, 9.17) is 5.73 Å². The van der Waals surface area contributed by atoms with E-state index in [1.54, 1.807) is 12.3 Å². The van der Waals surface area contributed by atoms with Crippen molar-refractivity contribution < 1.29 is 16.8 Å². The molecule has 0 saturated carbocycles. The monoisotopic (exact) mass is 338 g/mol. The highest BCUT2D eigenvalue weighted by atomic mass is 32.2. The third-order valence-corrected chi connectivity index (χ3v) is 8.04. The van der Waals surface area contributed by atoms with Crippen molar-refractivity contribution in [2.45, 2.75) is 37.2 Å². The molecule has 0 aromatic carbocycles. The van der Waals surface area contributed by atoms with Crippen LogP contribution in [0.1, 0.15) is 23.3 Å². The molecular weight excluding hydrogens is 320 g/mol. The van der Waals surface area contributed by atoms with Crippen LogP contribution in [0.2, 0.25) is 0 Å². The molecule has 0 unspecified atom stereocenters. The van der Waals surface area contributed by atoms with Crippen molar-refractivity contribution in [3.05, 3.63) is 15.8 Å². The lowest BCUT2D eigenvalue weighted by Crippen LogP contribution is -2.41. The van der Waals surface area contributed by atoms with Crippen molar-refractivity contribution in [3.63, 3.8) is 0 Å². The molecule has 3 N–H and O–H groups in total. The van der Waals surface area contributed by atoms with Gasteiger partial charge in [-0.15, -0.1) is 11.3 Å². The molecule has 2 rings (SSSR count). The van der Waals surface area contributed by atoms with E-state index >= 15 is 0 Å². The molecule has 0 bridgehead atoms. The average molecular weight is 338 g/mol. The first-order chi connectivity index (χ1) is 9.25. The Balaban J connectivity index is 2.18. The summed E-state index contributed by atoms with van der Waals surface area (Å²) in [6.07, 6.45) is 0.644. The van der Waals surface area contributed by atoms with Crippen molar-refractivity contribution in [1.29, 1.82) is 0 Å². The Hall–Kier alpha value is -0.480. The number of hydrogen-bond acceptors (Lipinski definition) is 6. The van der Waals surface area contributed by atoms with Crippen molar-refractivity contribution in [2.75, 3.05) is 11.5 Å². The van der Waals surface area contributed by atoms with E-state index in [0.717, 1.165) is 0 Å². The summed E-state index contributed by atoms with van der Waals surface area (Å²) in [6, 6.07) is -0.326. The lowest BCUT2D eigenvalue weighted by Gasteiger charge is -2.23. The Labute approximate surface area is 123 Å². The van der Waals surface area contributed by atoms with Gasteiger partial charge in [-0.3, -0.25) is 0 Å². The second-order valence-electron chi connectivity index (χ2n) is 4.92. The molecule has 6 nitrogen and oxygen atoms in total. The first kappa shape index (κ1) is 15.9. The van der Waals surface area contributed by atoms with Crippen molar-refractivity contribution in [1.82, 2.24) is 4.72 Å². The molecular formula is C11H18N2O4S3. The summed E-state index contributed by atoms with van der Waals surface area (Å²) in [5, 5.41) is 1.77. The minimum absolute atomic E-state index is 0.0343. The van der Waals surface area contributed by atoms with Gasteiger partial charge in [0.05, 0.1) is 11.5 Å². The van der Waals surface area contributed by atoms with Crippen molar-refractivity contribution in [2.24, 2.45) is 5.73 Å². The van der Waals surface area contributed by atoms with Gasteiger partial charge in [0.25, 0.3) is 0 Å². The summed E-state index contributed by atoms with van der Waals surface area (Å²) >= 11 is 1.32. The maximum atomic E-state index is 12.4. The van der Waals surface area contributed by atoms with Gasteiger partial charge >= 0.3 is 0 Å². The lowest BCUT2D eigenvalue weighted by atomic mass is 10.2. The SMILES string of the molecule is Cc1csc(CN)c1S(=O)(=O)NC1CCS(=O)(=O)CC1. The molecule has 0 radical (unpaired) electrons. The highest BCUT2D eigenvalue weighted by Gasteiger charge is 2.29. The lowest BCUT2D eigenvalue weighted by molar-refractivity contribution is 0.505. The number of sulfone groups is 1. The third kappa shape index (κ3) is 3.40. The molecule has 2 heterocycles. The average Bonchev–Trinajstić information content (AvgIpc) is 2.74. The molecule has 114 valence electrons. The van der Waals surface area contributed by atoms with Crippen molar-refractivity contribution >= 4 is 31.2 Å². The fourth-order valence-corrected chi connectivity index (χ4v) is 6.77. The van der Waals surface area contributed by atoms with Crippen LogP contribution >= 0.6 is 11.3 Å². The van der Waals surface area contributed by atoms with E-state index in [1.807, 2.05) is 0 Å². The van der Waals surface area contributed by atoms with Crippen LogP contribution in [0.5, 0.6) is 0 Å². The van der Waals surface area contributed by atoms with Gasteiger partial charge in [-0.25, -0.2) is 21.6 Å². The fourth-order valence-electron chi connectivity index (χ4n) is 2.28. The van der Waals surface area contributed by atoms with E-state index < -0.39 is 19.9 Å². The third-order valence-electron chi connectivity index (χ3n) is 3.32. The smallest absolute Gasteiger partial charge is 0.242 e. The number of nitrogens with two attached hydrogens (primary N) is 1. The Kier molecular flexibility index (Phi) is 4.55. The molecule has 1 fully saturated rings. The molecule has 1 aliphatic heterocycles. The second-order valence-corrected chi connectivity index (χ2v) is 9.84. The minimum Gasteiger partial charge on any atom is -0.326 e. The van der Waals surface area contributed by atoms with Crippen LogP contribution in [-0.2, 0) is 26.4 Å². The first-order valence-electron chi connectivity index (χ1n) is 6.25. The summed E-state index contributed by atoms with van der Waals surface area (Å²) in [5.41, 5.74) is 6.24. The van der Waals surface area contributed by atoms with Crippen LogP contribution in [0, 0.1) is 6.92 Å². The summed E-state index contributed by atoms with van der Waals surface area (Å²) in [6.45, 7) is 1.91. The molecule has 9 heteroatoms. The number of rotatable bonds is 4. The number of thiophene rings is 1. The maximum Gasteiger partial charge on any atom is 0.242 e. The summed E-state index contributed by atoms with van der Waals surface area (Å²) in [4.78, 5) is 0.872. The standard InChI is InChI=1S/C11H18N2O4S3/c1-8-7-18-10(6-12)11(8)20(16,17)13-9-2-4-19(14,15)5-3-9/h7,9,13H,2-6,12H2,1H3. The molecule has 0 aliphatic carbocycles. The van der Waals surface area contributed by atoms with Gasteiger partial charge in [0.1, 0.15) is 14.7 Å². The Morgan fingerprint density at radius 3 is 2.55 bits per heavy atom. The second kappa shape index (κ2) is 5.72. The van der Waals surface area contributed by atoms with Crippen LogP contribution in [-0.4, -0.2) is 34.4 Å². The Morgan fingerprint density at radius 1 is 1.40 bits per heavy atom. The van der Waals surface area contributed by atoms with E-state index in [1.165, 1.54) is 11.3 Å². The molecule has 0 atom stereocenters. The van der Waals surface area contributed by atoms with E-state index in [2.05, 4.69) is 4.72 Å². The topological polar surface area (TPSA) is 106 Å². The first-order valence-corrected chi connectivity index (χ1v) is 10.4. The van der Waals surface area contributed by atoms with Crippen LogP contribution in [0.3, 0.4) is 0 Å². The zero-order valence-electron chi connectivity index (χ0n) is 11.1. The predicted octanol–water partition coefficient (Wildman–Crippen LogP) is 0.371. The molecule has 0 spiro atoms. The summed E-state index contributed by atoms with van der Waals surface area (Å²) < 4.78 is 50.1. The maximum absolute atomic E-state index is 12.4. The van der Waals surface area contributed by atoms with E-state index in [0.29, 0.717) is 23.3 Å². The number of nitrogens with one attached hydrogen (secondary N) is 1. The number of aryl methyl sites for hydroxylation is 1. The number of sulfonamides is 1. The van der Waals surface area contributed by atoms with Gasteiger partial charge in [0.15, 0.2) is 0 Å². The normalized spacial score (nSPS) is 20.1. The quantitative estimate of drug-likeness (QED) is 0.825. The molecule has 1 aromatic rings. The van der Waals surface area contributed by atoms with Gasteiger partial charge in [-0.1, -0.05) is 0 Å². The van der Waals surface area contributed by atoms with Gasteiger partial charge in [-0.05, 0) is 30.7 Å². The molecule has 20 heavy (non-hydrogen) atoms. The zero-order chi connectivity index (χ0) is 15.0. The predicted molar refractivity (Wildman–Crippen MR) is 78.9 cm³/mol. The molecule has 0 amide bonds. The number of hydrogen-bond donors (Lipinski definition) is 2. The van der Waals surface area contributed by atoms with Crippen LogP contribution in [0.15, 0.2) is 10.3 Å². The highest BCUT2D eigenvalue weighted by Crippen LogP contribution is 2.27. The van der Waals surface area contributed by atoms with Crippen LogP contribution in [0.4, 0.5) is 0 Å².